The molecule has 134 valence electrons. The Morgan fingerprint density at radius 1 is 1.11 bits per heavy atom. The fraction of sp³-hybridized carbons (Fsp3) is 0.111. The van der Waals surface area contributed by atoms with Gasteiger partial charge in [0, 0.05) is 18.8 Å². The van der Waals surface area contributed by atoms with Crippen LogP contribution < -0.4 is 5.73 Å². The number of nitrogen functional groups attached to an aromatic ring is 1. The van der Waals surface area contributed by atoms with E-state index in [1.54, 1.807) is 33.8 Å². The second-order valence-corrected chi connectivity index (χ2v) is 6.27. The number of hydrogen-bond acceptors (Lipinski definition) is 5. The van der Waals surface area contributed by atoms with Gasteiger partial charge in [0.15, 0.2) is 22.9 Å². The van der Waals surface area contributed by atoms with E-state index >= 15 is 0 Å². The molecule has 3 N–H and O–H groups in total. The van der Waals surface area contributed by atoms with Crippen molar-refractivity contribution in [2.24, 2.45) is 7.05 Å². The number of aromatic nitrogens is 7. The number of nitrogens with zero attached hydrogens (tertiary/aromatic N) is 6. The molecular weight excluding hydrogens is 347 g/mol. The predicted molar refractivity (Wildman–Crippen MR) is 99.3 cm³/mol. The zero-order valence-corrected chi connectivity index (χ0v) is 14.4. The Bertz CT molecular complexity index is 1300. The third-order valence-corrected chi connectivity index (χ3v) is 4.51. The van der Waals surface area contributed by atoms with E-state index in [0.717, 1.165) is 5.39 Å². The average Bonchev–Trinajstić information content (AvgIpc) is 3.03. The van der Waals surface area contributed by atoms with Crippen molar-refractivity contribution in [1.29, 1.82) is 0 Å². The molecule has 4 heterocycles. The molecule has 0 aliphatic heterocycles. The fourth-order valence-corrected chi connectivity index (χ4v) is 3.16. The van der Waals surface area contributed by atoms with E-state index in [1.807, 2.05) is 19.2 Å². The lowest BCUT2D eigenvalue weighted by molar-refractivity contribution is 0.589. The standard InChI is InChI=1S/C18H15FN8/c1-26-18-14(24-26)15(20)22-16(23-18)13-11-6-4-8-21-17(11)27(25-13)9-10-5-2-3-7-12(10)19/h2-8,24H,9H2,1H3,(H2,20,22,23). The second-order valence-electron chi connectivity index (χ2n) is 6.27. The molecule has 0 saturated carbocycles. The Kier molecular flexibility index (Phi) is 3.23. The molecular formula is C18H15FN8. The molecule has 0 atom stereocenters. The lowest BCUT2D eigenvalue weighted by Crippen LogP contribution is -2.12. The number of fused-ring (bicyclic) bond motifs is 2. The summed E-state index contributed by atoms with van der Waals surface area (Å²) in [5.74, 6) is 0.478. The van der Waals surface area contributed by atoms with E-state index in [-0.39, 0.29) is 12.4 Å². The minimum atomic E-state index is -0.284. The summed E-state index contributed by atoms with van der Waals surface area (Å²) < 4.78 is 17.5. The van der Waals surface area contributed by atoms with Crippen molar-refractivity contribution in [3.63, 3.8) is 0 Å². The molecule has 0 unspecified atom stereocenters. The molecule has 0 saturated heterocycles. The number of pyridine rings is 1. The molecule has 0 aliphatic rings. The first-order chi connectivity index (χ1) is 13.1. The second kappa shape index (κ2) is 5.63. The summed E-state index contributed by atoms with van der Waals surface area (Å²) in [6, 6.07) is 10.3. The van der Waals surface area contributed by atoms with Crippen molar-refractivity contribution in [2.75, 3.05) is 5.73 Å². The molecule has 4 aromatic heterocycles. The highest BCUT2D eigenvalue weighted by molar-refractivity contribution is 5.92. The van der Waals surface area contributed by atoms with Gasteiger partial charge in [-0.15, -0.1) is 0 Å². The van der Waals surface area contributed by atoms with Gasteiger partial charge in [-0.3, -0.25) is 9.78 Å². The average molecular weight is 362 g/mol. The zero-order valence-electron chi connectivity index (χ0n) is 14.4. The van der Waals surface area contributed by atoms with Crippen LogP contribution in [0.1, 0.15) is 5.56 Å². The number of aryl methyl sites for hydroxylation is 1. The lowest BCUT2D eigenvalue weighted by Gasteiger charge is -2.12. The van der Waals surface area contributed by atoms with Crippen molar-refractivity contribution >= 4 is 28.0 Å². The van der Waals surface area contributed by atoms with Crippen LogP contribution in [0.25, 0.3) is 33.7 Å². The van der Waals surface area contributed by atoms with Crippen molar-refractivity contribution < 1.29 is 4.39 Å². The van der Waals surface area contributed by atoms with Crippen molar-refractivity contribution in [2.45, 2.75) is 6.54 Å². The molecule has 0 amide bonds. The van der Waals surface area contributed by atoms with E-state index in [0.29, 0.717) is 39.7 Å². The van der Waals surface area contributed by atoms with Gasteiger partial charge in [0.1, 0.15) is 17.0 Å². The van der Waals surface area contributed by atoms with Crippen molar-refractivity contribution in [3.8, 4) is 11.5 Å². The van der Waals surface area contributed by atoms with Crippen molar-refractivity contribution in [3.05, 3.63) is 54.0 Å². The molecule has 5 rings (SSSR count). The number of benzene rings is 1. The molecule has 0 aliphatic carbocycles. The number of H-pyrrole nitrogens is 1. The highest BCUT2D eigenvalue weighted by Crippen LogP contribution is 2.28. The molecule has 1 aromatic carbocycles. The molecule has 0 spiro atoms. The number of aromatic amines is 1. The number of anilines is 1. The number of nitrogens with two attached hydrogens (primary N) is 1. The predicted octanol–water partition coefficient (Wildman–Crippen LogP) is 2.48. The van der Waals surface area contributed by atoms with E-state index in [9.17, 15) is 4.39 Å². The van der Waals surface area contributed by atoms with Crippen LogP contribution in [0.4, 0.5) is 10.2 Å². The maximum Gasteiger partial charge on any atom is 0.185 e. The van der Waals surface area contributed by atoms with Gasteiger partial charge in [-0.1, -0.05) is 18.2 Å². The minimum absolute atomic E-state index is 0.252. The van der Waals surface area contributed by atoms with Gasteiger partial charge in [0.25, 0.3) is 0 Å². The zero-order chi connectivity index (χ0) is 18.5. The van der Waals surface area contributed by atoms with E-state index in [2.05, 4.69) is 25.1 Å². The van der Waals surface area contributed by atoms with E-state index in [1.165, 1.54) is 6.07 Å². The summed E-state index contributed by atoms with van der Waals surface area (Å²) in [6.07, 6.45) is 1.68. The van der Waals surface area contributed by atoms with Crippen LogP contribution in [-0.2, 0) is 13.6 Å². The molecule has 0 fully saturated rings. The quantitative estimate of drug-likeness (QED) is 0.513. The van der Waals surface area contributed by atoms with E-state index < -0.39 is 0 Å². The molecule has 0 bridgehead atoms. The van der Waals surface area contributed by atoms with Crippen LogP contribution in [0.3, 0.4) is 0 Å². The number of nitrogens with one attached hydrogen (secondary N) is 1. The monoisotopic (exact) mass is 362 g/mol. The van der Waals surface area contributed by atoms with E-state index in [4.69, 9.17) is 5.73 Å². The van der Waals surface area contributed by atoms with Crippen LogP contribution in [0.5, 0.6) is 0 Å². The van der Waals surface area contributed by atoms with Gasteiger partial charge < -0.3 is 5.73 Å². The van der Waals surface area contributed by atoms with Gasteiger partial charge in [-0.25, -0.2) is 24.0 Å². The van der Waals surface area contributed by atoms with Crippen LogP contribution in [0, 0.1) is 5.82 Å². The Morgan fingerprint density at radius 3 is 2.78 bits per heavy atom. The summed E-state index contributed by atoms with van der Waals surface area (Å²) >= 11 is 0. The largest absolute Gasteiger partial charge is 0.382 e. The van der Waals surface area contributed by atoms with Gasteiger partial charge in [0.05, 0.1) is 11.9 Å². The van der Waals surface area contributed by atoms with Gasteiger partial charge >= 0.3 is 0 Å². The van der Waals surface area contributed by atoms with Crippen LogP contribution in [-0.4, -0.2) is 34.5 Å². The van der Waals surface area contributed by atoms with Crippen LogP contribution >= 0.6 is 0 Å². The third kappa shape index (κ3) is 2.35. The molecule has 9 heteroatoms. The summed E-state index contributed by atoms with van der Waals surface area (Å²) in [4.78, 5) is 13.3. The minimum Gasteiger partial charge on any atom is -0.382 e. The fourth-order valence-electron chi connectivity index (χ4n) is 3.16. The SMILES string of the molecule is Cn1[nH]c2c(N)nc(-c3nn(Cc4ccccc4F)c4ncccc34)nc21. The summed E-state index contributed by atoms with van der Waals surface area (Å²) in [5, 5.41) is 8.42. The number of rotatable bonds is 3. The topological polar surface area (TPSA) is 103 Å². The Hall–Kier alpha value is -3.75. The first-order valence-electron chi connectivity index (χ1n) is 8.35. The Morgan fingerprint density at radius 2 is 1.96 bits per heavy atom. The first kappa shape index (κ1) is 15.5. The maximum absolute atomic E-state index is 14.1. The highest BCUT2D eigenvalue weighted by Gasteiger charge is 2.19. The lowest BCUT2D eigenvalue weighted by atomic mass is 10.2. The number of hydrogen-bond donors (Lipinski definition) is 2. The molecule has 5 aromatic rings. The summed E-state index contributed by atoms with van der Waals surface area (Å²) in [7, 11) is 1.84. The van der Waals surface area contributed by atoms with Gasteiger partial charge in [0.2, 0.25) is 0 Å². The molecule has 27 heavy (non-hydrogen) atoms. The highest BCUT2D eigenvalue weighted by atomic mass is 19.1. The van der Waals surface area contributed by atoms with Crippen LogP contribution in [0.2, 0.25) is 0 Å². The van der Waals surface area contributed by atoms with Gasteiger partial charge in [-0.05, 0) is 18.2 Å². The molecule has 0 radical (unpaired) electrons. The smallest absolute Gasteiger partial charge is 0.185 e. The third-order valence-electron chi connectivity index (χ3n) is 4.51. The maximum atomic E-state index is 14.1. The molecule has 8 nitrogen and oxygen atoms in total. The van der Waals surface area contributed by atoms with Crippen LogP contribution in [0.15, 0.2) is 42.6 Å². The Balaban J connectivity index is 1.69. The summed E-state index contributed by atoms with van der Waals surface area (Å²) in [6.45, 7) is 0.252. The number of halogens is 1. The normalized spacial score (nSPS) is 11.6. The van der Waals surface area contributed by atoms with Gasteiger partial charge in [-0.2, -0.15) is 5.10 Å². The Labute approximate surface area is 152 Å². The first-order valence-corrected chi connectivity index (χ1v) is 8.35. The summed E-state index contributed by atoms with van der Waals surface area (Å²) in [5.41, 5.74) is 9.16. The van der Waals surface area contributed by atoms with Crippen molar-refractivity contribution in [1.82, 2.24) is 34.5 Å².